The maximum Gasteiger partial charge on any atom is 0.201 e. The van der Waals surface area contributed by atoms with Crippen molar-refractivity contribution >= 4 is 5.57 Å². The van der Waals surface area contributed by atoms with Gasteiger partial charge in [0.05, 0.1) is 13.2 Å². The largest absolute Gasteiger partial charge is 0.491 e. The van der Waals surface area contributed by atoms with Crippen LogP contribution >= 0.6 is 0 Å². The molecule has 2 aromatic rings. The van der Waals surface area contributed by atoms with Crippen molar-refractivity contribution in [3.05, 3.63) is 64.7 Å². The monoisotopic (exact) mass is 600 g/mol. The van der Waals surface area contributed by atoms with Crippen LogP contribution in [-0.2, 0) is 0 Å². The van der Waals surface area contributed by atoms with Crippen LogP contribution in [0.5, 0.6) is 11.5 Å². The summed E-state index contributed by atoms with van der Waals surface area (Å²) < 4.78 is 69.0. The molecule has 2 saturated carbocycles. The lowest BCUT2D eigenvalue weighted by Crippen LogP contribution is -2.24. The summed E-state index contributed by atoms with van der Waals surface area (Å²) in [6.07, 6.45) is 17.3. The third-order valence-electron chi connectivity index (χ3n) is 10.5. The first kappa shape index (κ1) is 31.9. The molecule has 2 aromatic carbocycles. The van der Waals surface area contributed by atoms with Gasteiger partial charge in [-0.25, -0.2) is 8.78 Å². The van der Waals surface area contributed by atoms with E-state index in [-0.39, 0.29) is 17.4 Å². The van der Waals surface area contributed by atoms with E-state index in [4.69, 9.17) is 9.47 Å². The summed E-state index contributed by atoms with van der Waals surface area (Å²) >= 11 is 0. The van der Waals surface area contributed by atoms with E-state index >= 15 is 0 Å². The molecule has 2 fully saturated rings. The molecule has 3 aliphatic carbocycles. The molecule has 0 N–H and O–H groups in total. The summed E-state index contributed by atoms with van der Waals surface area (Å²) in [5.41, 5.74) is 1.81. The standard InChI is InChI=1S/C37H48F4O2/c1-3-23-43-33-22-20-30(35(39)37(33)41)28-13-9-25(10-14-28)6-5-24-7-11-26(12-8-24)27-15-17-29(18-16-27)31-19-21-32(42-4-2)36(40)34(31)38/h17,19-22,24-28H,3-16,18,23H2,1-2H3. The number of rotatable bonds is 11. The molecule has 1 unspecified atom stereocenters. The quantitative estimate of drug-likeness (QED) is 0.239. The molecule has 6 heteroatoms. The van der Waals surface area contributed by atoms with Gasteiger partial charge in [0.1, 0.15) is 0 Å². The summed E-state index contributed by atoms with van der Waals surface area (Å²) in [5.74, 6) is -0.333. The predicted octanol–water partition coefficient (Wildman–Crippen LogP) is 11.2. The van der Waals surface area contributed by atoms with Crippen LogP contribution in [0.2, 0.25) is 0 Å². The Kier molecular flexibility index (Phi) is 11.1. The minimum Gasteiger partial charge on any atom is -0.491 e. The van der Waals surface area contributed by atoms with Gasteiger partial charge in [-0.2, -0.15) is 8.78 Å². The fourth-order valence-corrected chi connectivity index (χ4v) is 7.94. The fraction of sp³-hybridized carbons (Fsp3) is 0.622. The molecule has 0 saturated heterocycles. The van der Waals surface area contributed by atoms with Crippen molar-refractivity contribution in [2.24, 2.45) is 23.7 Å². The van der Waals surface area contributed by atoms with E-state index in [1.54, 1.807) is 31.2 Å². The Labute approximate surface area is 255 Å². The molecule has 2 nitrogen and oxygen atoms in total. The van der Waals surface area contributed by atoms with Crippen LogP contribution in [0.25, 0.3) is 5.57 Å². The summed E-state index contributed by atoms with van der Waals surface area (Å²) in [6.45, 7) is 4.39. The minimum absolute atomic E-state index is 0.0196. The zero-order valence-corrected chi connectivity index (χ0v) is 25.9. The van der Waals surface area contributed by atoms with Crippen molar-refractivity contribution in [2.45, 2.75) is 110 Å². The molecule has 5 rings (SSSR count). The number of allylic oxidation sites excluding steroid dienone is 2. The van der Waals surface area contributed by atoms with Gasteiger partial charge >= 0.3 is 0 Å². The van der Waals surface area contributed by atoms with E-state index in [1.807, 2.05) is 6.92 Å². The normalized spacial score (nSPS) is 26.2. The lowest BCUT2D eigenvalue weighted by molar-refractivity contribution is 0.179. The van der Waals surface area contributed by atoms with Crippen LogP contribution in [-0.4, -0.2) is 13.2 Å². The Morgan fingerprint density at radius 2 is 1.28 bits per heavy atom. The first-order valence-electron chi connectivity index (χ1n) is 16.8. The summed E-state index contributed by atoms with van der Waals surface area (Å²) in [6, 6.07) is 6.53. The first-order valence-corrected chi connectivity index (χ1v) is 16.8. The van der Waals surface area contributed by atoms with Gasteiger partial charge in [-0.1, -0.05) is 44.7 Å². The van der Waals surface area contributed by atoms with E-state index < -0.39 is 23.3 Å². The highest BCUT2D eigenvalue weighted by atomic mass is 19.2. The molecule has 0 bridgehead atoms. The van der Waals surface area contributed by atoms with Crippen molar-refractivity contribution in [3.63, 3.8) is 0 Å². The van der Waals surface area contributed by atoms with Gasteiger partial charge < -0.3 is 9.47 Å². The van der Waals surface area contributed by atoms with E-state index in [0.29, 0.717) is 36.2 Å². The van der Waals surface area contributed by atoms with Crippen molar-refractivity contribution < 1.29 is 27.0 Å². The smallest absolute Gasteiger partial charge is 0.201 e. The maximum atomic E-state index is 14.8. The zero-order valence-electron chi connectivity index (χ0n) is 25.9. The average Bonchev–Trinajstić information content (AvgIpc) is 3.04. The van der Waals surface area contributed by atoms with Gasteiger partial charge in [-0.05, 0) is 130 Å². The molecule has 236 valence electrons. The highest BCUT2D eigenvalue weighted by Crippen LogP contribution is 2.45. The van der Waals surface area contributed by atoms with Gasteiger partial charge in [0, 0.05) is 5.56 Å². The van der Waals surface area contributed by atoms with Crippen molar-refractivity contribution in [2.75, 3.05) is 13.2 Å². The molecule has 3 aliphatic rings. The molecular formula is C37H48F4O2. The summed E-state index contributed by atoms with van der Waals surface area (Å²) in [5, 5.41) is 0. The molecule has 0 aromatic heterocycles. The van der Waals surface area contributed by atoms with E-state index in [2.05, 4.69) is 6.08 Å². The summed E-state index contributed by atoms with van der Waals surface area (Å²) in [4.78, 5) is 0. The minimum atomic E-state index is -0.888. The molecule has 0 radical (unpaired) electrons. The third kappa shape index (κ3) is 7.60. The van der Waals surface area contributed by atoms with Crippen LogP contribution < -0.4 is 9.47 Å². The first-order chi connectivity index (χ1) is 20.9. The van der Waals surface area contributed by atoms with Crippen LogP contribution in [0.15, 0.2) is 30.3 Å². The van der Waals surface area contributed by atoms with E-state index in [1.165, 1.54) is 38.5 Å². The van der Waals surface area contributed by atoms with Crippen molar-refractivity contribution in [1.82, 2.24) is 0 Å². The van der Waals surface area contributed by atoms with E-state index in [9.17, 15) is 17.6 Å². The van der Waals surface area contributed by atoms with Gasteiger partial charge in [-0.15, -0.1) is 0 Å². The third-order valence-corrected chi connectivity index (χ3v) is 10.5. The Hall–Kier alpha value is -2.50. The van der Waals surface area contributed by atoms with Crippen LogP contribution in [0.4, 0.5) is 17.6 Å². The molecule has 0 aliphatic heterocycles. The van der Waals surface area contributed by atoms with Crippen molar-refractivity contribution in [3.8, 4) is 11.5 Å². The highest BCUT2D eigenvalue weighted by molar-refractivity contribution is 5.67. The number of hydrogen-bond acceptors (Lipinski definition) is 2. The Morgan fingerprint density at radius 3 is 1.91 bits per heavy atom. The van der Waals surface area contributed by atoms with Crippen molar-refractivity contribution in [1.29, 1.82) is 0 Å². The van der Waals surface area contributed by atoms with Crippen LogP contribution in [0.3, 0.4) is 0 Å². The number of benzene rings is 2. The van der Waals surface area contributed by atoms with Gasteiger partial charge in [-0.3, -0.25) is 0 Å². The second-order valence-electron chi connectivity index (χ2n) is 13.1. The molecule has 0 spiro atoms. The van der Waals surface area contributed by atoms with Gasteiger partial charge in [0.15, 0.2) is 23.1 Å². The average molecular weight is 601 g/mol. The second kappa shape index (κ2) is 15.0. The second-order valence-corrected chi connectivity index (χ2v) is 13.1. The fourth-order valence-electron chi connectivity index (χ4n) is 7.94. The number of ether oxygens (including phenoxy) is 2. The topological polar surface area (TPSA) is 18.5 Å². The predicted molar refractivity (Wildman–Crippen MR) is 164 cm³/mol. The molecule has 43 heavy (non-hydrogen) atoms. The van der Waals surface area contributed by atoms with Crippen LogP contribution in [0, 0.1) is 46.9 Å². The lowest BCUT2D eigenvalue weighted by atomic mass is 9.69. The zero-order chi connectivity index (χ0) is 30.3. The Balaban J connectivity index is 1.03. The molecule has 1 atom stereocenters. The molecular weight excluding hydrogens is 552 g/mol. The lowest BCUT2D eigenvalue weighted by Gasteiger charge is -2.36. The maximum absolute atomic E-state index is 14.8. The molecule has 0 amide bonds. The number of halogens is 4. The number of hydrogen-bond donors (Lipinski definition) is 0. The Bertz CT molecular complexity index is 1240. The Morgan fingerprint density at radius 1 is 0.651 bits per heavy atom. The molecule has 0 heterocycles. The SMILES string of the molecule is CCCOc1ccc(C2CCC(CCC3CCC(C4CC=C(c5ccc(OCC)c(F)c5F)CC4)CC3)CC2)c(F)c1F. The van der Waals surface area contributed by atoms with Gasteiger partial charge in [0.2, 0.25) is 11.6 Å². The van der Waals surface area contributed by atoms with E-state index in [0.717, 1.165) is 68.8 Å². The summed E-state index contributed by atoms with van der Waals surface area (Å²) in [7, 11) is 0. The van der Waals surface area contributed by atoms with Crippen LogP contribution in [0.1, 0.15) is 121 Å². The van der Waals surface area contributed by atoms with Gasteiger partial charge in [0.25, 0.3) is 0 Å². The highest BCUT2D eigenvalue weighted by Gasteiger charge is 2.31.